The van der Waals surface area contributed by atoms with Crippen LogP contribution in [0, 0.1) is 37.0 Å². The third-order valence-electron chi connectivity index (χ3n) is 5.43. The Bertz CT molecular complexity index is 1590. The number of aromatic nitrogens is 2. The van der Waals surface area contributed by atoms with Crippen molar-refractivity contribution < 1.29 is 8.42 Å². The minimum absolute atomic E-state index is 0.259. The number of hydrogen-bond donors (Lipinski definition) is 1. The zero-order valence-electron chi connectivity index (χ0n) is 18.3. The molecule has 2 aromatic heterocycles. The van der Waals surface area contributed by atoms with Crippen molar-refractivity contribution in [1.29, 1.82) is 5.26 Å². The maximum absolute atomic E-state index is 11.7. The first-order valence-electron chi connectivity index (χ1n) is 10.1. The van der Waals surface area contributed by atoms with Gasteiger partial charge in [0.25, 0.3) is 0 Å². The molecule has 1 N–H and O–H groups in total. The lowest BCUT2D eigenvalue weighted by Crippen LogP contribution is -1.98. The number of fused-ring (bicyclic) bond motifs is 1. The number of sulfone groups is 1. The molecule has 0 amide bonds. The summed E-state index contributed by atoms with van der Waals surface area (Å²) < 4.78 is 23.3. The van der Waals surface area contributed by atoms with Crippen molar-refractivity contribution >= 4 is 32.1 Å². The molecule has 0 saturated carbocycles. The number of benzene rings is 2. The van der Waals surface area contributed by atoms with Crippen LogP contribution in [0.2, 0.25) is 0 Å². The quantitative estimate of drug-likeness (QED) is 0.454. The van der Waals surface area contributed by atoms with Crippen LogP contribution in [0.25, 0.3) is 10.8 Å². The van der Waals surface area contributed by atoms with Crippen molar-refractivity contribution in [3.05, 3.63) is 88.9 Å². The zero-order chi connectivity index (χ0) is 23.6. The summed E-state index contributed by atoms with van der Waals surface area (Å²) in [5.74, 6) is 6.94. The topological polar surface area (TPSA) is 95.7 Å². The van der Waals surface area contributed by atoms with Gasteiger partial charge in [-0.2, -0.15) is 5.26 Å². The molecule has 4 rings (SSSR count). The predicted molar refractivity (Wildman–Crippen MR) is 129 cm³/mol. The molecule has 0 fully saturated rings. The van der Waals surface area contributed by atoms with Gasteiger partial charge in [0.15, 0.2) is 9.84 Å². The molecule has 162 valence electrons. The lowest BCUT2D eigenvalue weighted by atomic mass is 9.99. The highest BCUT2D eigenvalue weighted by atomic mass is 32.2. The average molecular weight is 453 g/mol. The number of hydrogen-bond acceptors (Lipinski definition) is 6. The highest BCUT2D eigenvalue weighted by molar-refractivity contribution is 7.90. The van der Waals surface area contributed by atoms with E-state index in [9.17, 15) is 13.7 Å². The Morgan fingerprint density at radius 2 is 1.61 bits per heavy atom. The molecule has 0 saturated heterocycles. The van der Waals surface area contributed by atoms with Gasteiger partial charge in [0.05, 0.1) is 16.5 Å². The Labute approximate surface area is 192 Å². The molecule has 0 atom stereocenters. The largest absolute Gasteiger partial charge is 0.340 e. The SMILES string of the molecule is Cc1c(C#N)ccc(C#Cc2nccc3cnc(Nc4ccc(S(C)(=O)=O)cc4)cc23)c1C. The van der Waals surface area contributed by atoms with Crippen molar-refractivity contribution in [2.24, 2.45) is 0 Å². The average Bonchev–Trinajstić information content (AvgIpc) is 2.80. The van der Waals surface area contributed by atoms with E-state index in [-0.39, 0.29) is 4.90 Å². The second-order valence-corrected chi connectivity index (χ2v) is 9.66. The smallest absolute Gasteiger partial charge is 0.175 e. The molecule has 2 heterocycles. The Morgan fingerprint density at radius 1 is 0.909 bits per heavy atom. The normalized spacial score (nSPS) is 10.8. The summed E-state index contributed by atoms with van der Waals surface area (Å²) in [5, 5.41) is 14.1. The maximum atomic E-state index is 11.7. The fourth-order valence-corrected chi connectivity index (χ4v) is 4.00. The molecule has 0 spiro atoms. The summed E-state index contributed by atoms with van der Waals surface area (Å²) in [4.78, 5) is 9.15. The minimum atomic E-state index is -3.25. The van der Waals surface area contributed by atoms with Crippen LogP contribution in [0.1, 0.15) is 27.9 Å². The second-order valence-electron chi connectivity index (χ2n) is 7.64. The number of nitriles is 1. The van der Waals surface area contributed by atoms with E-state index in [1.54, 1.807) is 42.7 Å². The molecule has 6 nitrogen and oxygen atoms in total. The van der Waals surface area contributed by atoms with E-state index in [4.69, 9.17) is 0 Å². The van der Waals surface area contributed by atoms with Gasteiger partial charge in [-0.1, -0.05) is 5.92 Å². The van der Waals surface area contributed by atoms with Crippen LogP contribution in [-0.2, 0) is 9.84 Å². The molecule has 7 heteroatoms. The molecule has 2 aromatic carbocycles. The second kappa shape index (κ2) is 8.74. The van der Waals surface area contributed by atoms with Gasteiger partial charge in [0, 0.05) is 40.7 Å². The monoisotopic (exact) mass is 452 g/mol. The van der Waals surface area contributed by atoms with Gasteiger partial charge in [-0.3, -0.25) is 0 Å². The van der Waals surface area contributed by atoms with E-state index in [0.717, 1.165) is 33.2 Å². The van der Waals surface area contributed by atoms with Gasteiger partial charge in [0.1, 0.15) is 11.5 Å². The van der Waals surface area contributed by atoms with Crippen LogP contribution in [0.3, 0.4) is 0 Å². The Balaban J connectivity index is 1.68. The molecule has 4 aromatic rings. The Kier molecular flexibility index (Phi) is 5.83. The third kappa shape index (κ3) is 4.69. The Morgan fingerprint density at radius 3 is 2.30 bits per heavy atom. The number of rotatable bonds is 3. The Hall–Kier alpha value is -4.20. The van der Waals surface area contributed by atoms with E-state index in [1.807, 2.05) is 32.0 Å². The summed E-state index contributed by atoms with van der Waals surface area (Å²) in [7, 11) is -3.25. The lowest BCUT2D eigenvalue weighted by Gasteiger charge is -2.08. The first-order valence-corrected chi connectivity index (χ1v) is 12.0. The van der Waals surface area contributed by atoms with Gasteiger partial charge in [-0.25, -0.2) is 18.4 Å². The number of anilines is 2. The highest BCUT2D eigenvalue weighted by Gasteiger charge is 2.08. The van der Waals surface area contributed by atoms with Gasteiger partial charge < -0.3 is 5.32 Å². The van der Waals surface area contributed by atoms with E-state index in [1.165, 1.54) is 6.26 Å². The van der Waals surface area contributed by atoms with Gasteiger partial charge >= 0.3 is 0 Å². The summed E-state index contributed by atoms with van der Waals surface area (Å²) in [6.45, 7) is 3.87. The standard InChI is InChI=1S/C26H20N4O2S/c1-17-18(2)20(15-27)5-4-19(17)6-11-25-24-14-26(29-16-21(24)12-13-28-25)30-22-7-9-23(10-8-22)33(3,31)32/h4-5,7-10,12-14,16H,1-3H3,(H,29,30). The first kappa shape index (κ1) is 22.0. The minimum Gasteiger partial charge on any atom is -0.340 e. The highest BCUT2D eigenvalue weighted by Crippen LogP contribution is 2.23. The van der Waals surface area contributed by atoms with E-state index < -0.39 is 9.84 Å². The molecule has 0 bridgehead atoms. The fourth-order valence-electron chi connectivity index (χ4n) is 3.37. The number of nitrogens with one attached hydrogen (secondary N) is 1. The van der Waals surface area contributed by atoms with Crippen LogP contribution in [-0.4, -0.2) is 24.6 Å². The molecule has 0 aliphatic rings. The molecular weight excluding hydrogens is 432 g/mol. The van der Waals surface area contributed by atoms with Gasteiger partial charge in [-0.15, -0.1) is 0 Å². The first-order chi connectivity index (χ1) is 15.8. The van der Waals surface area contributed by atoms with Crippen LogP contribution in [0.4, 0.5) is 11.5 Å². The molecule has 33 heavy (non-hydrogen) atoms. The summed E-state index contributed by atoms with van der Waals surface area (Å²) >= 11 is 0. The number of nitrogens with zero attached hydrogens (tertiary/aromatic N) is 3. The summed E-state index contributed by atoms with van der Waals surface area (Å²) in [6.07, 6.45) is 4.62. The van der Waals surface area contributed by atoms with E-state index in [2.05, 4.69) is 33.2 Å². The fraction of sp³-hybridized carbons (Fsp3) is 0.115. The molecule has 0 aliphatic carbocycles. The predicted octanol–water partition coefficient (Wildman–Crippen LogP) is 4.67. The molecule has 0 aliphatic heterocycles. The lowest BCUT2D eigenvalue weighted by molar-refractivity contribution is 0.602. The van der Waals surface area contributed by atoms with Crippen molar-refractivity contribution in [3.8, 4) is 17.9 Å². The summed E-state index contributed by atoms with van der Waals surface area (Å²) in [6, 6.07) is 16.1. The van der Waals surface area contributed by atoms with E-state index >= 15 is 0 Å². The molecule has 0 radical (unpaired) electrons. The third-order valence-corrected chi connectivity index (χ3v) is 6.55. The van der Waals surface area contributed by atoms with Crippen molar-refractivity contribution in [1.82, 2.24) is 9.97 Å². The zero-order valence-corrected chi connectivity index (χ0v) is 19.2. The van der Waals surface area contributed by atoms with Crippen LogP contribution in [0.5, 0.6) is 0 Å². The molecular formula is C26H20N4O2S. The van der Waals surface area contributed by atoms with Crippen LogP contribution >= 0.6 is 0 Å². The van der Waals surface area contributed by atoms with Crippen LogP contribution < -0.4 is 5.32 Å². The van der Waals surface area contributed by atoms with Crippen molar-refractivity contribution in [2.45, 2.75) is 18.7 Å². The van der Waals surface area contributed by atoms with Crippen LogP contribution in [0.15, 0.2) is 65.8 Å². The van der Waals surface area contributed by atoms with E-state index in [0.29, 0.717) is 17.1 Å². The van der Waals surface area contributed by atoms with Crippen molar-refractivity contribution in [2.75, 3.05) is 11.6 Å². The van der Waals surface area contributed by atoms with Crippen molar-refractivity contribution in [3.63, 3.8) is 0 Å². The maximum Gasteiger partial charge on any atom is 0.175 e. The van der Waals surface area contributed by atoms with Gasteiger partial charge in [0.2, 0.25) is 0 Å². The summed E-state index contributed by atoms with van der Waals surface area (Å²) in [5.41, 5.74) is 4.73. The number of pyridine rings is 2. The molecule has 0 unspecified atom stereocenters. The van der Waals surface area contributed by atoms with Gasteiger partial charge in [-0.05, 0) is 79.4 Å².